The van der Waals surface area contributed by atoms with Gasteiger partial charge >= 0.3 is 0 Å². The van der Waals surface area contributed by atoms with Crippen LogP contribution in [0, 0.1) is 0 Å². The molecule has 0 amide bonds. The molecule has 3 N–H and O–H groups in total. The van der Waals surface area contributed by atoms with E-state index in [1.54, 1.807) is 0 Å². The van der Waals surface area contributed by atoms with Crippen molar-refractivity contribution in [2.45, 2.75) is 11.4 Å². The molecule has 1 heterocycles. The predicted octanol–water partition coefficient (Wildman–Crippen LogP) is 1.14. The van der Waals surface area contributed by atoms with E-state index in [0.717, 1.165) is 5.56 Å². The van der Waals surface area contributed by atoms with Crippen LogP contribution in [0.5, 0.6) is 0 Å². The average molecular weight is 263 g/mol. The number of aromatic nitrogens is 1. The van der Waals surface area contributed by atoms with Gasteiger partial charge in [0.15, 0.2) is 0 Å². The minimum atomic E-state index is -3.63. The van der Waals surface area contributed by atoms with Crippen LogP contribution in [-0.2, 0) is 16.6 Å². The van der Waals surface area contributed by atoms with E-state index in [4.69, 9.17) is 5.73 Å². The Kier molecular flexibility index (Phi) is 3.59. The highest BCUT2D eigenvalue weighted by Crippen LogP contribution is 2.14. The molecule has 1 aromatic heterocycles. The molecule has 6 heteroatoms. The second kappa shape index (κ2) is 5.16. The summed E-state index contributed by atoms with van der Waals surface area (Å²) < 4.78 is 26.5. The third-order valence-corrected chi connectivity index (χ3v) is 3.85. The van der Waals surface area contributed by atoms with Crippen molar-refractivity contribution in [3.05, 3.63) is 54.2 Å². The Hall–Kier alpha value is -1.92. The quantitative estimate of drug-likeness (QED) is 0.866. The van der Waals surface area contributed by atoms with Gasteiger partial charge < -0.3 is 5.73 Å². The largest absolute Gasteiger partial charge is 0.383 e. The first kappa shape index (κ1) is 12.5. The summed E-state index contributed by atoms with van der Waals surface area (Å²) in [6.07, 6.45) is 1.45. The lowest BCUT2D eigenvalue weighted by atomic mass is 10.2. The van der Waals surface area contributed by atoms with E-state index in [-0.39, 0.29) is 17.3 Å². The molecule has 0 fully saturated rings. The summed E-state index contributed by atoms with van der Waals surface area (Å²) in [6.45, 7) is 0.220. The molecule has 0 atom stereocenters. The topological polar surface area (TPSA) is 85.1 Å². The predicted molar refractivity (Wildman–Crippen MR) is 69.1 cm³/mol. The van der Waals surface area contributed by atoms with E-state index in [9.17, 15) is 8.42 Å². The number of benzene rings is 1. The van der Waals surface area contributed by atoms with Gasteiger partial charge in [0.25, 0.3) is 0 Å². The molecular formula is C12H13N3O2S. The molecule has 1 aromatic carbocycles. The van der Waals surface area contributed by atoms with Crippen molar-refractivity contribution >= 4 is 15.8 Å². The first-order valence-electron chi connectivity index (χ1n) is 5.34. The third-order valence-electron chi connectivity index (χ3n) is 2.40. The number of hydrogen-bond acceptors (Lipinski definition) is 4. The van der Waals surface area contributed by atoms with Gasteiger partial charge in [-0.25, -0.2) is 18.1 Å². The Morgan fingerprint density at radius 3 is 2.50 bits per heavy atom. The van der Waals surface area contributed by atoms with Crippen LogP contribution in [0.2, 0.25) is 0 Å². The summed E-state index contributed by atoms with van der Waals surface area (Å²) in [5.74, 6) is -0.00179. The van der Waals surface area contributed by atoms with Crippen LogP contribution >= 0.6 is 0 Å². The Balaban J connectivity index is 2.16. The Morgan fingerprint density at radius 1 is 1.11 bits per heavy atom. The lowest BCUT2D eigenvalue weighted by Crippen LogP contribution is -2.24. The number of rotatable bonds is 4. The smallest absolute Gasteiger partial charge is 0.244 e. The van der Waals surface area contributed by atoms with Crippen molar-refractivity contribution in [3.8, 4) is 0 Å². The highest BCUT2D eigenvalue weighted by atomic mass is 32.2. The van der Waals surface area contributed by atoms with Gasteiger partial charge in [0, 0.05) is 12.7 Å². The molecule has 0 spiro atoms. The van der Waals surface area contributed by atoms with Gasteiger partial charge in [0.1, 0.15) is 10.7 Å². The zero-order chi connectivity index (χ0) is 13.0. The second-order valence-corrected chi connectivity index (χ2v) is 5.43. The first-order chi connectivity index (χ1) is 8.59. The number of nitrogens with two attached hydrogens (primary N) is 1. The number of nitrogens with zero attached hydrogens (tertiary/aromatic N) is 1. The number of nitrogen functional groups attached to an aromatic ring is 1. The maximum Gasteiger partial charge on any atom is 0.244 e. The lowest BCUT2D eigenvalue weighted by molar-refractivity contribution is 0.581. The van der Waals surface area contributed by atoms with Crippen LogP contribution in [0.4, 0.5) is 5.82 Å². The van der Waals surface area contributed by atoms with Gasteiger partial charge in [-0.15, -0.1) is 0 Å². The van der Waals surface area contributed by atoms with Gasteiger partial charge in [-0.2, -0.15) is 0 Å². The SMILES string of the molecule is Nc1ncccc1S(=O)(=O)NCc1ccccc1. The zero-order valence-electron chi connectivity index (χ0n) is 9.58. The third kappa shape index (κ3) is 2.85. The van der Waals surface area contributed by atoms with Crippen molar-refractivity contribution < 1.29 is 8.42 Å². The minimum absolute atomic E-state index is 0.000862. The summed E-state index contributed by atoms with van der Waals surface area (Å²) in [4.78, 5) is 3.76. The van der Waals surface area contributed by atoms with Crippen molar-refractivity contribution in [1.82, 2.24) is 9.71 Å². The number of nitrogens with one attached hydrogen (secondary N) is 1. The average Bonchev–Trinajstić information content (AvgIpc) is 2.38. The molecule has 0 radical (unpaired) electrons. The summed E-state index contributed by atoms with van der Waals surface area (Å²) in [5, 5.41) is 0. The minimum Gasteiger partial charge on any atom is -0.383 e. The molecule has 0 aliphatic carbocycles. The van der Waals surface area contributed by atoms with Crippen molar-refractivity contribution in [2.24, 2.45) is 0 Å². The molecular weight excluding hydrogens is 250 g/mol. The molecule has 0 unspecified atom stereocenters. The van der Waals surface area contributed by atoms with Crippen LogP contribution in [0.25, 0.3) is 0 Å². The maximum atomic E-state index is 12.0. The van der Waals surface area contributed by atoms with Gasteiger partial charge in [-0.1, -0.05) is 30.3 Å². The highest BCUT2D eigenvalue weighted by Gasteiger charge is 2.17. The van der Waals surface area contributed by atoms with Crippen molar-refractivity contribution in [3.63, 3.8) is 0 Å². The standard InChI is InChI=1S/C12H13N3O2S/c13-12-11(7-4-8-14-12)18(16,17)15-9-10-5-2-1-3-6-10/h1-8,15H,9H2,(H2,13,14). The van der Waals surface area contributed by atoms with E-state index in [2.05, 4.69) is 9.71 Å². The molecule has 2 rings (SSSR count). The summed E-state index contributed by atoms with van der Waals surface area (Å²) in [7, 11) is -3.63. The molecule has 0 aliphatic heterocycles. The number of anilines is 1. The molecule has 0 aliphatic rings. The van der Waals surface area contributed by atoms with Crippen LogP contribution in [0.1, 0.15) is 5.56 Å². The Labute approximate surface area is 106 Å². The van der Waals surface area contributed by atoms with Gasteiger partial charge in [0.2, 0.25) is 10.0 Å². The first-order valence-corrected chi connectivity index (χ1v) is 6.82. The van der Waals surface area contributed by atoms with E-state index < -0.39 is 10.0 Å². The molecule has 2 aromatic rings. The normalized spacial score (nSPS) is 11.3. The molecule has 5 nitrogen and oxygen atoms in total. The van der Waals surface area contributed by atoms with Gasteiger partial charge in [-0.3, -0.25) is 0 Å². The molecule has 0 saturated carbocycles. The van der Waals surface area contributed by atoms with E-state index >= 15 is 0 Å². The van der Waals surface area contributed by atoms with E-state index in [0.29, 0.717) is 0 Å². The monoisotopic (exact) mass is 263 g/mol. The van der Waals surface area contributed by atoms with Crippen molar-refractivity contribution in [1.29, 1.82) is 0 Å². The Morgan fingerprint density at radius 2 is 1.83 bits per heavy atom. The second-order valence-electron chi connectivity index (χ2n) is 3.70. The molecule has 0 bridgehead atoms. The molecule has 18 heavy (non-hydrogen) atoms. The number of hydrogen-bond donors (Lipinski definition) is 2. The number of pyridine rings is 1. The van der Waals surface area contributed by atoms with Gasteiger partial charge in [0.05, 0.1) is 0 Å². The van der Waals surface area contributed by atoms with E-state index in [1.807, 2.05) is 30.3 Å². The van der Waals surface area contributed by atoms with E-state index in [1.165, 1.54) is 18.3 Å². The van der Waals surface area contributed by atoms with Gasteiger partial charge in [-0.05, 0) is 17.7 Å². The summed E-state index contributed by atoms with van der Waals surface area (Å²) >= 11 is 0. The zero-order valence-corrected chi connectivity index (χ0v) is 10.4. The number of sulfonamides is 1. The van der Waals surface area contributed by atoms with Crippen LogP contribution in [-0.4, -0.2) is 13.4 Å². The van der Waals surface area contributed by atoms with Crippen molar-refractivity contribution in [2.75, 3.05) is 5.73 Å². The fourth-order valence-corrected chi connectivity index (χ4v) is 2.58. The molecule has 94 valence electrons. The fourth-order valence-electron chi connectivity index (χ4n) is 1.48. The van der Waals surface area contributed by atoms with Crippen LogP contribution in [0.15, 0.2) is 53.6 Å². The highest BCUT2D eigenvalue weighted by molar-refractivity contribution is 7.89. The van der Waals surface area contributed by atoms with Crippen LogP contribution in [0.3, 0.4) is 0 Å². The molecule has 0 saturated heterocycles. The lowest BCUT2D eigenvalue weighted by Gasteiger charge is -2.08. The fraction of sp³-hybridized carbons (Fsp3) is 0.0833. The van der Waals surface area contributed by atoms with Crippen LogP contribution < -0.4 is 10.5 Å². The summed E-state index contributed by atoms with van der Waals surface area (Å²) in [5.41, 5.74) is 6.42. The summed E-state index contributed by atoms with van der Waals surface area (Å²) in [6, 6.07) is 12.2. The Bertz CT molecular complexity index is 627. The maximum absolute atomic E-state index is 12.0.